The van der Waals surface area contributed by atoms with Gasteiger partial charge in [-0.05, 0) is 49.6 Å². The molecule has 31 heavy (non-hydrogen) atoms. The first-order valence-electron chi connectivity index (χ1n) is 10.4. The Labute approximate surface area is 183 Å². The standard InChI is InChI=1S/C23H24N4O3S/c1-3-5-8-15-11-12-17-19(13-15)31-22(24-17)25-20(28)14-27-18-10-7-6-9-16(18)21(29)26(4-2)23(27)30/h6-7,9-13H,3-5,8,14H2,1-2H3,(H,24,25,28). The summed E-state index contributed by atoms with van der Waals surface area (Å²) in [5.41, 5.74) is 1.71. The molecule has 0 atom stereocenters. The van der Waals surface area contributed by atoms with Crippen LogP contribution in [0.1, 0.15) is 32.3 Å². The zero-order valence-electron chi connectivity index (χ0n) is 17.6. The van der Waals surface area contributed by atoms with Gasteiger partial charge in [-0.3, -0.25) is 18.7 Å². The Balaban J connectivity index is 1.61. The number of benzene rings is 2. The first-order chi connectivity index (χ1) is 15.0. The van der Waals surface area contributed by atoms with Crippen LogP contribution in [0.15, 0.2) is 52.1 Å². The quantitative estimate of drug-likeness (QED) is 0.478. The molecule has 0 bridgehead atoms. The van der Waals surface area contributed by atoms with Crippen LogP contribution in [-0.2, 0) is 24.3 Å². The minimum atomic E-state index is -0.494. The molecule has 1 amide bonds. The van der Waals surface area contributed by atoms with Gasteiger partial charge in [0.25, 0.3) is 5.56 Å². The lowest BCUT2D eigenvalue weighted by molar-refractivity contribution is -0.116. The summed E-state index contributed by atoms with van der Waals surface area (Å²) in [5.74, 6) is -0.362. The van der Waals surface area contributed by atoms with E-state index in [-0.39, 0.29) is 24.6 Å². The van der Waals surface area contributed by atoms with Crippen molar-refractivity contribution in [3.8, 4) is 0 Å². The first kappa shape index (κ1) is 21.0. The summed E-state index contributed by atoms with van der Waals surface area (Å²) >= 11 is 1.42. The summed E-state index contributed by atoms with van der Waals surface area (Å²) in [5, 5.41) is 3.72. The third kappa shape index (κ3) is 4.16. The third-order valence-corrected chi connectivity index (χ3v) is 6.20. The Hall–Kier alpha value is -3.26. The van der Waals surface area contributed by atoms with Gasteiger partial charge in [0, 0.05) is 6.54 Å². The van der Waals surface area contributed by atoms with Gasteiger partial charge in [-0.1, -0.05) is 42.9 Å². The van der Waals surface area contributed by atoms with Gasteiger partial charge >= 0.3 is 5.69 Å². The Morgan fingerprint density at radius 3 is 2.68 bits per heavy atom. The number of anilines is 1. The number of rotatable bonds is 7. The molecule has 0 saturated carbocycles. The summed E-state index contributed by atoms with van der Waals surface area (Å²) in [6, 6.07) is 13.0. The van der Waals surface area contributed by atoms with Crippen molar-refractivity contribution in [1.82, 2.24) is 14.1 Å². The average molecular weight is 437 g/mol. The maximum Gasteiger partial charge on any atom is 0.331 e. The number of carbonyl (C=O) groups excluding carboxylic acids is 1. The molecule has 0 aliphatic carbocycles. The largest absolute Gasteiger partial charge is 0.331 e. The predicted molar refractivity (Wildman–Crippen MR) is 125 cm³/mol. The topological polar surface area (TPSA) is 86.0 Å². The molecule has 0 saturated heterocycles. The van der Waals surface area contributed by atoms with Gasteiger partial charge in [0.2, 0.25) is 5.91 Å². The van der Waals surface area contributed by atoms with Crippen molar-refractivity contribution in [2.75, 3.05) is 5.32 Å². The van der Waals surface area contributed by atoms with Crippen molar-refractivity contribution in [2.45, 2.75) is 46.2 Å². The molecule has 0 radical (unpaired) electrons. The maximum atomic E-state index is 12.8. The van der Waals surface area contributed by atoms with Crippen LogP contribution in [-0.4, -0.2) is 20.0 Å². The highest BCUT2D eigenvalue weighted by Gasteiger charge is 2.15. The van der Waals surface area contributed by atoms with Gasteiger partial charge in [0.05, 0.1) is 21.1 Å². The van der Waals surface area contributed by atoms with E-state index in [4.69, 9.17) is 0 Å². The normalized spacial score (nSPS) is 11.3. The number of carbonyl (C=O) groups is 1. The van der Waals surface area contributed by atoms with E-state index in [0.29, 0.717) is 16.0 Å². The van der Waals surface area contributed by atoms with E-state index >= 15 is 0 Å². The average Bonchev–Trinajstić information content (AvgIpc) is 3.17. The molecule has 8 heteroatoms. The minimum Gasteiger partial charge on any atom is -0.300 e. The number of aromatic nitrogens is 3. The highest BCUT2D eigenvalue weighted by Crippen LogP contribution is 2.27. The van der Waals surface area contributed by atoms with E-state index in [1.807, 2.05) is 6.07 Å². The Morgan fingerprint density at radius 2 is 1.90 bits per heavy atom. The molecule has 0 fully saturated rings. The zero-order chi connectivity index (χ0) is 22.0. The van der Waals surface area contributed by atoms with Gasteiger partial charge in [-0.2, -0.15) is 0 Å². The number of unbranched alkanes of at least 4 members (excludes halogenated alkanes) is 1. The summed E-state index contributed by atoms with van der Waals surface area (Å²) in [7, 11) is 0. The number of aryl methyl sites for hydroxylation is 1. The number of fused-ring (bicyclic) bond motifs is 2. The van der Waals surface area contributed by atoms with Crippen molar-refractivity contribution in [2.24, 2.45) is 0 Å². The summed E-state index contributed by atoms with van der Waals surface area (Å²) in [4.78, 5) is 42.6. The lowest BCUT2D eigenvalue weighted by atomic mass is 10.1. The summed E-state index contributed by atoms with van der Waals surface area (Å²) in [6.45, 7) is 3.94. The molecule has 4 rings (SSSR count). The van der Waals surface area contributed by atoms with Crippen molar-refractivity contribution in [3.05, 3.63) is 68.9 Å². The SMILES string of the molecule is CCCCc1ccc2nc(NC(=O)Cn3c(=O)n(CC)c(=O)c4ccccc43)sc2c1. The van der Waals surface area contributed by atoms with Crippen molar-refractivity contribution in [1.29, 1.82) is 0 Å². The van der Waals surface area contributed by atoms with E-state index in [1.54, 1.807) is 31.2 Å². The Bertz CT molecular complexity index is 1380. The molecule has 0 spiro atoms. The highest BCUT2D eigenvalue weighted by molar-refractivity contribution is 7.22. The zero-order valence-corrected chi connectivity index (χ0v) is 18.4. The van der Waals surface area contributed by atoms with Gasteiger partial charge in [-0.15, -0.1) is 0 Å². The number of hydrogen-bond acceptors (Lipinski definition) is 5. The molecule has 7 nitrogen and oxygen atoms in total. The van der Waals surface area contributed by atoms with Crippen LogP contribution in [0.4, 0.5) is 5.13 Å². The summed E-state index contributed by atoms with van der Waals surface area (Å²) < 4.78 is 3.50. The number of hydrogen-bond donors (Lipinski definition) is 1. The number of nitrogens with one attached hydrogen (secondary N) is 1. The van der Waals surface area contributed by atoms with Crippen LogP contribution < -0.4 is 16.6 Å². The van der Waals surface area contributed by atoms with E-state index < -0.39 is 5.69 Å². The van der Waals surface area contributed by atoms with Gasteiger partial charge in [0.15, 0.2) is 5.13 Å². The molecule has 1 N–H and O–H groups in total. The number of nitrogens with zero attached hydrogens (tertiary/aromatic N) is 3. The van der Waals surface area contributed by atoms with Crippen molar-refractivity contribution >= 4 is 43.5 Å². The van der Waals surface area contributed by atoms with Gasteiger partial charge in [0.1, 0.15) is 6.54 Å². The van der Waals surface area contributed by atoms with Gasteiger partial charge in [-0.25, -0.2) is 9.78 Å². The smallest absolute Gasteiger partial charge is 0.300 e. The van der Waals surface area contributed by atoms with Crippen LogP contribution in [0.25, 0.3) is 21.1 Å². The molecule has 0 aliphatic heterocycles. The van der Waals surface area contributed by atoms with Crippen LogP contribution in [0.5, 0.6) is 0 Å². The van der Waals surface area contributed by atoms with Gasteiger partial charge < -0.3 is 5.32 Å². The van der Waals surface area contributed by atoms with E-state index in [0.717, 1.165) is 34.0 Å². The maximum absolute atomic E-state index is 12.8. The first-order valence-corrected chi connectivity index (χ1v) is 11.2. The number of thiazole rings is 1. The van der Waals surface area contributed by atoms with E-state index in [2.05, 4.69) is 29.4 Å². The molecular formula is C23H24N4O3S. The highest BCUT2D eigenvalue weighted by atomic mass is 32.1. The van der Waals surface area contributed by atoms with E-state index in [1.165, 1.54) is 21.5 Å². The molecular weight excluding hydrogens is 412 g/mol. The minimum absolute atomic E-state index is 0.197. The third-order valence-electron chi connectivity index (χ3n) is 5.27. The summed E-state index contributed by atoms with van der Waals surface area (Å²) in [6.07, 6.45) is 3.30. The molecule has 2 aromatic heterocycles. The molecule has 160 valence electrons. The van der Waals surface area contributed by atoms with Crippen LogP contribution >= 0.6 is 11.3 Å². The molecule has 2 aromatic carbocycles. The number of para-hydroxylation sites is 1. The van der Waals surface area contributed by atoms with Crippen molar-refractivity contribution in [3.63, 3.8) is 0 Å². The lowest BCUT2D eigenvalue weighted by Crippen LogP contribution is -2.41. The second-order valence-corrected chi connectivity index (χ2v) is 8.44. The molecule has 2 heterocycles. The predicted octanol–water partition coefficient (Wildman–Crippen LogP) is 3.77. The second-order valence-electron chi connectivity index (χ2n) is 7.41. The Kier molecular flexibility index (Phi) is 5.99. The lowest BCUT2D eigenvalue weighted by Gasteiger charge is -2.12. The molecule has 0 unspecified atom stereocenters. The Morgan fingerprint density at radius 1 is 1.10 bits per heavy atom. The fourth-order valence-corrected chi connectivity index (χ4v) is 4.61. The second kappa shape index (κ2) is 8.85. The molecule has 4 aromatic rings. The monoisotopic (exact) mass is 436 g/mol. The number of amides is 1. The molecule has 0 aliphatic rings. The van der Waals surface area contributed by atoms with Crippen LogP contribution in [0, 0.1) is 0 Å². The van der Waals surface area contributed by atoms with E-state index in [9.17, 15) is 14.4 Å². The fraction of sp³-hybridized carbons (Fsp3) is 0.304. The van der Waals surface area contributed by atoms with Crippen molar-refractivity contribution < 1.29 is 4.79 Å². The van der Waals surface area contributed by atoms with Crippen LogP contribution in [0.3, 0.4) is 0 Å². The fourth-order valence-electron chi connectivity index (χ4n) is 3.66. The van der Waals surface area contributed by atoms with Crippen LogP contribution in [0.2, 0.25) is 0 Å².